The van der Waals surface area contributed by atoms with Crippen LogP contribution in [-0.4, -0.2) is 0 Å². The molecule has 0 atom stereocenters. The Morgan fingerprint density at radius 1 is 0.429 bits per heavy atom. The van der Waals surface area contributed by atoms with Gasteiger partial charge in [-0.05, 0) is 101 Å². The zero-order valence-electron chi connectivity index (χ0n) is 25.8. The normalized spacial score (nSPS) is 12.7. The highest BCUT2D eigenvalue weighted by atomic mass is 14.3. The van der Waals surface area contributed by atoms with Gasteiger partial charge >= 0.3 is 0 Å². The molecule has 1 aliphatic carbocycles. The Kier molecular flexibility index (Phi) is 6.17. The van der Waals surface area contributed by atoms with Crippen molar-refractivity contribution in [2.24, 2.45) is 0 Å². The van der Waals surface area contributed by atoms with Gasteiger partial charge in [0.15, 0.2) is 0 Å². The second-order valence-electron chi connectivity index (χ2n) is 13.4. The van der Waals surface area contributed by atoms with Crippen LogP contribution < -0.4 is 0 Å². The topological polar surface area (TPSA) is 0 Å². The van der Waals surface area contributed by atoms with Crippen molar-refractivity contribution < 1.29 is 0 Å². The van der Waals surface area contributed by atoms with Crippen molar-refractivity contribution >= 4 is 21.5 Å². The van der Waals surface area contributed by atoms with Gasteiger partial charge in [0, 0.05) is 0 Å². The van der Waals surface area contributed by atoms with Gasteiger partial charge in [-0.25, -0.2) is 0 Å². The number of fused-ring (bicyclic) bond motifs is 4. The first-order chi connectivity index (χ1) is 20.2. The first-order valence-corrected chi connectivity index (χ1v) is 15.6. The summed E-state index contributed by atoms with van der Waals surface area (Å²) >= 11 is 0. The van der Waals surface area contributed by atoms with Crippen molar-refractivity contribution in [1.29, 1.82) is 0 Å². The first-order valence-electron chi connectivity index (χ1n) is 15.6. The predicted octanol–water partition coefficient (Wildman–Crippen LogP) is 12.3. The minimum Gasteiger partial charge on any atom is -0.0646 e. The van der Waals surface area contributed by atoms with Crippen molar-refractivity contribution in [3.8, 4) is 44.5 Å². The molecule has 6 aromatic rings. The fourth-order valence-electron chi connectivity index (χ4n) is 6.92. The molecular formula is C42H40. The van der Waals surface area contributed by atoms with Crippen LogP contribution in [0.4, 0.5) is 0 Å². The van der Waals surface area contributed by atoms with E-state index in [-0.39, 0.29) is 10.8 Å². The highest BCUT2D eigenvalue weighted by Gasteiger charge is 2.30. The van der Waals surface area contributed by atoms with E-state index in [0.29, 0.717) is 0 Å². The molecule has 42 heavy (non-hydrogen) atoms. The lowest BCUT2D eigenvalue weighted by molar-refractivity contribution is 0.506. The summed E-state index contributed by atoms with van der Waals surface area (Å²) in [4.78, 5) is 0. The van der Waals surface area contributed by atoms with Gasteiger partial charge in [-0.1, -0.05) is 151 Å². The number of rotatable bonds is 6. The molecule has 0 bridgehead atoms. The molecule has 0 fully saturated rings. The summed E-state index contributed by atoms with van der Waals surface area (Å²) in [7, 11) is 0. The van der Waals surface area contributed by atoms with Gasteiger partial charge in [-0.3, -0.25) is 0 Å². The summed E-state index contributed by atoms with van der Waals surface area (Å²) < 4.78 is 0. The monoisotopic (exact) mass is 544 g/mol. The third-order valence-electron chi connectivity index (χ3n) is 10.3. The van der Waals surface area contributed by atoms with Gasteiger partial charge in [0.2, 0.25) is 0 Å². The highest BCUT2D eigenvalue weighted by Crippen LogP contribution is 2.57. The minimum absolute atomic E-state index is 0.159. The smallest absolute Gasteiger partial charge is 0.000742 e. The zero-order valence-corrected chi connectivity index (χ0v) is 25.8. The molecule has 0 heteroatoms. The van der Waals surface area contributed by atoms with Crippen LogP contribution in [0.1, 0.15) is 65.5 Å². The third-order valence-corrected chi connectivity index (χ3v) is 10.3. The molecule has 0 radical (unpaired) electrons. The van der Waals surface area contributed by atoms with E-state index in [4.69, 9.17) is 0 Å². The lowest BCUT2D eigenvalue weighted by atomic mass is 9.79. The lowest BCUT2D eigenvalue weighted by Crippen LogP contribution is -2.15. The zero-order chi connectivity index (χ0) is 29.2. The molecule has 0 N–H and O–H groups in total. The molecular weight excluding hydrogens is 504 g/mol. The SMILES string of the molecule is CCC(C)(C)c1ccc(-c2c3c(c(-c4ccc(C(C)(C)CC)cc4)c4ccccc24)-c2cccc4cccc-3c24)cc1. The van der Waals surface area contributed by atoms with Gasteiger partial charge in [0.05, 0.1) is 0 Å². The summed E-state index contributed by atoms with van der Waals surface area (Å²) in [6.07, 6.45) is 2.23. The molecule has 0 aliphatic heterocycles. The van der Waals surface area contributed by atoms with Crippen molar-refractivity contribution in [2.45, 2.75) is 65.2 Å². The van der Waals surface area contributed by atoms with Crippen LogP contribution in [0.15, 0.2) is 109 Å². The van der Waals surface area contributed by atoms with E-state index in [2.05, 4.69) is 151 Å². The van der Waals surface area contributed by atoms with Crippen molar-refractivity contribution in [1.82, 2.24) is 0 Å². The molecule has 208 valence electrons. The highest BCUT2D eigenvalue weighted by molar-refractivity contribution is 6.27. The van der Waals surface area contributed by atoms with E-state index in [0.717, 1.165) is 12.8 Å². The van der Waals surface area contributed by atoms with E-state index in [1.165, 1.54) is 77.2 Å². The summed E-state index contributed by atoms with van der Waals surface area (Å²) in [6.45, 7) is 13.9. The van der Waals surface area contributed by atoms with Gasteiger partial charge in [0.25, 0.3) is 0 Å². The summed E-state index contributed by atoms with van der Waals surface area (Å²) in [5, 5.41) is 5.32. The average molecular weight is 545 g/mol. The molecule has 0 saturated carbocycles. The molecule has 1 aliphatic rings. The molecule has 0 spiro atoms. The number of hydrogen-bond acceptors (Lipinski definition) is 0. The Balaban J connectivity index is 1.58. The van der Waals surface area contributed by atoms with Crippen LogP contribution in [-0.2, 0) is 10.8 Å². The van der Waals surface area contributed by atoms with Crippen LogP contribution in [0, 0.1) is 0 Å². The van der Waals surface area contributed by atoms with E-state index in [1.807, 2.05) is 0 Å². The van der Waals surface area contributed by atoms with E-state index < -0.39 is 0 Å². The Bertz CT molecular complexity index is 1820. The fraction of sp³-hybridized carbons (Fsp3) is 0.238. The van der Waals surface area contributed by atoms with Gasteiger partial charge in [-0.2, -0.15) is 0 Å². The minimum atomic E-state index is 0.159. The average Bonchev–Trinajstić information content (AvgIpc) is 3.35. The summed E-state index contributed by atoms with van der Waals surface area (Å²) in [5.41, 5.74) is 13.8. The van der Waals surface area contributed by atoms with Crippen LogP contribution >= 0.6 is 0 Å². The fourth-order valence-corrected chi connectivity index (χ4v) is 6.92. The van der Waals surface area contributed by atoms with Crippen LogP contribution in [0.3, 0.4) is 0 Å². The van der Waals surface area contributed by atoms with Crippen molar-refractivity contribution in [3.63, 3.8) is 0 Å². The van der Waals surface area contributed by atoms with Gasteiger partial charge < -0.3 is 0 Å². The van der Waals surface area contributed by atoms with Crippen LogP contribution in [0.25, 0.3) is 66.1 Å². The predicted molar refractivity (Wildman–Crippen MR) is 183 cm³/mol. The van der Waals surface area contributed by atoms with E-state index in [9.17, 15) is 0 Å². The Hall–Kier alpha value is -4.16. The second-order valence-corrected chi connectivity index (χ2v) is 13.4. The molecule has 0 amide bonds. The van der Waals surface area contributed by atoms with E-state index in [1.54, 1.807) is 0 Å². The number of hydrogen-bond donors (Lipinski definition) is 0. The van der Waals surface area contributed by atoms with Crippen molar-refractivity contribution in [3.05, 3.63) is 120 Å². The maximum absolute atomic E-state index is 2.36. The summed E-state index contributed by atoms with van der Waals surface area (Å²) in [6, 6.07) is 41.6. The Morgan fingerprint density at radius 2 is 0.833 bits per heavy atom. The largest absolute Gasteiger partial charge is 0.0646 e. The molecule has 6 aromatic carbocycles. The second kappa shape index (κ2) is 9.70. The van der Waals surface area contributed by atoms with Crippen molar-refractivity contribution in [2.75, 3.05) is 0 Å². The van der Waals surface area contributed by atoms with Crippen LogP contribution in [0.5, 0.6) is 0 Å². The molecule has 0 heterocycles. The maximum Gasteiger partial charge on any atom is -0.000742 e. The number of benzene rings is 6. The molecule has 7 rings (SSSR count). The van der Waals surface area contributed by atoms with E-state index >= 15 is 0 Å². The standard InChI is InChI=1S/C42H40/c1-7-41(3,4)30-23-19-28(20-24-30)37-32-15-9-10-16-33(32)38(29-21-25-31(26-22-29)42(5,6)8-2)40-35-18-12-14-27-13-11-17-34(36(27)35)39(37)40/h9-26H,7-8H2,1-6H3. The Morgan fingerprint density at radius 3 is 1.21 bits per heavy atom. The molecule has 0 unspecified atom stereocenters. The molecule has 0 nitrogen and oxygen atoms in total. The molecule has 0 aromatic heterocycles. The first kappa shape index (κ1) is 26.7. The quantitative estimate of drug-likeness (QED) is 0.195. The Labute approximate surface area is 251 Å². The maximum atomic E-state index is 2.36. The van der Waals surface area contributed by atoms with Gasteiger partial charge in [-0.15, -0.1) is 0 Å². The van der Waals surface area contributed by atoms with Crippen LogP contribution in [0.2, 0.25) is 0 Å². The van der Waals surface area contributed by atoms with Gasteiger partial charge in [0.1, 0.15) is 0 Å². The third kappa shape index (κ3) is 3.96. The lowest BCUT2D eigenvalue weighted by Gasteiger charge is -2.25. The molecule has 0 saturated heterocycles. The summed E-state index contributed by atoms with van der Waals surface area (Å²) in [5.74, 6) is 0.